The van der Waals surface area contributed by atoms with Crippen molar-refractivity contribution in [2.75, 3.05) is 19.5 Å². The average Bonchev–Trinajstić information content (AvgIpc) is 3.61. The minimum absolute atomic E-state index is 0.132. The molecule has 3 aromatic carbocycles. The third-order valence-electron chi connectivity index (χ3n) is 6.27. The summed E-state index contributed by atoms with van der Waals surface area (Å²) in [4.78, 5) is 21.5. The van der Waals surface area contributed by atoms with Crippen LogP contribution in [0.15, 0.2) is 77.7 Å². The highest BCUT2D eigenvalue weighted by molar-refractivity contribution is 6.04. The van der Waals surface area contributed by atoms with Gasteiger partial charge in [-0.3, -0.25) is 4.79 Å². The number of ether oxygens (including phenoxy) is 2. The predicted octanol–water partition coefficient (Wildman–Crippen LogP) is 5.53. The van der Waals surface area contributed by atoms with Crippen molar-refractivity contribution in [2.45, 2.75) is 20.4 Å². The molecule has 2 heterocycles. The number of methoxy groups -OCH3 is 2. The maximum absolute atomic E-state index is 12.6. The van der Waals surface area contributed by atoms with Crippen molar-refractivity contribution in [3.63, 3.8) is 0 Å². The van der Waals surface area contributed by atoms with Crippen LogP contribution in [0.25, 0.3) is 23.0 Å². The van der Waals surface area contributed by atoms with Crippen LogP contribution in [0.4, 0.5) is 5.69 Å². The number of hydrogen-bond acceptors (Lipinski definition) is 7. The second kappa shape index (κ2) is 10.6. The molecule has 1 amide bonds. The Morgan fingerprint density at radius 1 is 0.947 bits per heavy atom. The molecule has 0 aliphatic carbocycles. The number of nitrogens with zero attached hydrogens (tertiary/aromatic N) is 4. The third-order valence-corrected chi connectivity index (χ3v) is 6.27. The molecule has 5 aromatic rings. The van der Waals surface area contributed by atoms with E-state index in [-0.39, 0.29) is 5.91 Å². The highest BCUT2D eigenvalue weighted by atomic mass is 16.5. The van der Waals surface area contributed by atoms with E-state index in [9.17, 15) is 4.79 Å². The van der Waals surface area contributed by atoms with Gasteiger partial charge in [0, 0.05) is 29.6 Å². The summed E-state index contributed by atoms with van der Waals surface area (Å²) in [6.45, 7) is 4.62. The van der Waals surface area contributed by atoms with Crippen LogP contribution < -0.4 is 14.8 Å². The van der Waals surface area contributed by atoms with E-state index in [1.165, 1.54) is 0 Å². The minimum Gasteiger partial charge on any atom is -0.493 e. The maximum atomic E-state index is 12.6. The molecule has 0 aliphatic heterocycles. The molecule has 0 atom stereocenters. The molecular weight excluding hydrogens is 482 g/mol. The van der Waals surface area contributed by atoms with E-state index in [1.807, 2.05) is 73.1 Å². The second-order valence-corrected chi connectivity index (χ2v) is 8.87. The molecular formula is C29H27N5O4. The molecule has 1 N–H and O–H groups in total. The molecule has 0 spiro atoms. The normalized spacial score (nSPS) is 10.8. The molecule has 38 heavy (non-hydrogen) atoms. The lowest BCUT2D eigenvalue weighted by Gasteiger charge is -2.08. The fourth-order valence-corrected chi connectivity index (χ4v) is 3.97. The summed E-state index contributed by atoms with van der Waals surface area (Å²) in [6.07, 6.45) is 3.56. The van der Waals surface area contributed by atoms with Gasteiger partial charge in [0.2, 0.25) is 5.82 Å². The number of benzene rings is 3. The zero-order valence-corrected chi connectivity index (χ0v) is 21.6. The smallest absolute Gasteiger partial charge is 0.278 e. The van der Waals surface area contributed by atoms with Gasteiger partial charge in [-0.05, 0) is 73.0 Å². The van der Waals surface area contributed by atoms with Gasteiger partial charge in [0.05, 0.1) is 20.5 Å². The lowest BCUT2D eigenvalue weighted by molar-refractivity contribution is 0.102. The van der Waals surface area contributed by atoms with E-state index in [0.29, 0.717) is 41.0 Å². The van der Waals surface area contributed by atoms with Gasteiger partial charge in [0.25, 0.3) is 11.8 Å². The van der Waals surface area contributed by atoms with Crippen molar-refractivity contribution < 1.29 is 18.8 Å². The highest BCUT2D eigenvalue weighted by Crippen LogP contribution is 2.32. The van der Waals surface area contributed by atoms with Crippen LogP contribution in [0, 0.1) is 13.8 Å². The fraction of sp³-hybridized carbons (Fsp3) is 0.172. The maximum Gasteiger partial charge on any atom is 0.278 e. The van der Waals surface area contributed by atoms with Crippen LogP contribution in [0.5, 0.6) is 11.5 Å². The van der Waals surface area contributed by atoms with Gasteiger partial charge in [-0.15, -0.1) is 0 Å². The summed E-state index contributed by atoms with van der Waals surface area (Å²) in [5.41, 5.74) is 5.98. The summed E-state index contributed by atoms with van der Waals surface area (Å²) < 4.78 is 18.0. The van der Waals surface area contributed by atoms with Gasteiger partial charge in [-0.1, -0.05) is 23.4 Å². The quantitative estimate of drug-likeness (QED) is 0.293. The number of amides is 1. The highest BCUT2D eigenvalue weighted by Gasteiger charge is 2.15. The van der Waals surface area contributed by atoms with E-state index in [1.54, 1.807) is 32.7 Å². The lowest BCUT2D eigenvalue weighted by atomic mass is 10.1. The summed E-state index contributed by atoms with van der Waals surface area (Å²) in [6, 6.07) is 18.8. The Hall–Kier alpha value is -4.92. The van der Waals surface area contributed by atoms with Crippen LogP contribution in [0.2, 0.25) is 0 Å². The summed E-state index contributed by atoms with van der Waals surface area (Å²) in [7, 11) is 3.16. The van der Waals surface area contributed by atoms with Crippen LogP contribution >= 0.6 is 0 Å². The summed E-state index contributed by atoms with van der Waals surface area (Å²) >= 11 is 0. The van der Waals surface area contributed by atoms with E-state index < -0.39 is 0 Å². The molecule has 0 radical (unpaired) electrons. The first-order valence-corrected chi connectivity index (χ1v) is 12.0. The number of aryl methyl sites for hydroxylation is 2. The molecule has 2 aromatic heterocycles. The van der Waals surface area contributed by atoms with Crippen molar-refractivity contribution in [3.05, 3.63) is 95.4 Å². The standard InChI is InChI=1S/C29H27N5O4/c1-18-5-8-22(13-19(18)2)28(35)31-23-10-6-20(7-11-23)15-34-16-24(30-17-34)29-32-27(33-38-29)21-9-12-25(36-3)26(14-21)37-4/h5-14,16-17H,15H2,1-4H3,(H,31,35). The first-order valence-electron chi connectivity index (χ1n) is 12.0. The van der Waals surface area contributed by atoms with Crippen molar-refractivity contribution >= 4 is 11.6 Å². The fourth-order valence-electron chi connectivity index (χ4n) is 3.97. The van der Waals surface area contributed by atoms with E-state index in [2.05, 4.69) is 20.4 Å². The predicted molar refractivity (Wildman–Crippen MR) is 143 cm³/mol. The van der Waals surface area contributed by atoms with Crippen molar-refractivity contribution in [1.82, 2.24) is 19.7 Å². The number of carbonyl (C=O) groups excluding carboxylic acids is 1. The third kappa shape index (κ3) is 5.27. The first-order chi connectivity index (χ1) is 18.4. The molecule has 0 fully saturated rings. The number of hydrogen-bond donors (Lipinski definition) is 1. The van der Waals surface area contributed by atoms with Gasteiger partial charge in [-0.25, -0.2) is 4.98 Å². The Labute approximate surface area is 220 Å². The molecule has 9 nitrogen and oxygen atoms in total. The van der Waals surface area contributed by atoms with Gasteiger partial charge >= 0.3 is 0 Å². The van der Waals surface area contributed by atoms with Crippen molar-refractivity contribution in [2.24, 2.45) is 0 Å². The van der Waals surface area contributed by atoms with E-state index >= 15 is 0 Å². The van der Waals surface area contributed by atoms with Crippen LogP contribution in [-0.2, 0) is 6.54 Å². The molecule has 0 bridgehead atoms. The molecule has 192 valence electrons. The number of imidazole rings is 1. The molecule has 0 aliphatic rings. The van der Waals surface area contributed by atoms with Crippen LogP contribution in [0.1, 0.15) is 27.0 Å². The monoisotopic (exact) mass is 509 g/mol. The minimum atomic E-state index is -0.132. The Morgan fingerprint density at radius 2 is 1.74 bits per heavy atom. The number of nitrogens with one attached hydrogen (secondary N) is 1. The molecule has 0 saturated heterocycles. The van der Waals surface area contributed by atoms with Gasteiger partial charge in [0.15, 0.2) is 11.5 Å². The molecule has 0 unspecified atom stereocenters. The summed E-state index contributed by atoms with van der Waals surface area (Å²) in [5, 5.41) is 7.04. The van der Waals surface area contributed by atoms with Gasteiger partial charge in [-0.2, -0.15) is 4.98 Å². The number of aromatic nitrogens is 4. The van der Waals surface area contributed by atoms with Crippen molar-refractivity contribution in [3.8, 4) is 34.5 Å². The second-order valence-electron chi connectivity index (χ2n) is 8.87. The topological polar surface area (TPSA) is 104 Å². The van der Waals surface area contributed by atoms with E-state index in [4.69, 9.17) is 14.0 Å². The number of carbonyl (C=O) groups is 1. The summed E-state index contributed by atoms with van der Waals surface area (Å²) in [5.74, 6) is 1.81. The Morgan fingerprint density at radius 3 is 2.47 bits per heavy atom. The number of anilines is 1. The van der Waals surface area contributed by atoms with Crippen LogP contribution in [0.3, 0.4) is 0 Å². The van der Waals surface area contributed by atoms with Crippen molar-refractivity contribution in [1.29, 1.82) is 0 Å². The van der Waals surface area contributed by atoms with Gasteiger partial charge in [0.1, 0.15) is 5.69 Å². The van der Waals surface area contributed by atoms with E-state index in [0.717, 1.165) is 27.9 Å². The SMILES string of the molecule is COc1ccc(-c2noc(-c3cn(Cc4ccc(NC(=O)c5ccc(C)c(C)c5)cc4)cn3)n2)cc1OC. The Kier molecular flexibility index (Phi) is 6.90. The Balaban J connectivity index is 1.24. The zero-order chi connectivity index (χ0) is 26.6. The zero-order valence-electron chi connectivity index (χ0n) is 21.6. The van der Waals surface area contributed by atoms with Gasteiger partial charge < -0.3 is 23.9 Å². The molecule has 9 heteroatoms. The largest absolute Gasteiger partial charge is 0.493 e. The van der Waals surface area contributed by atoms with Crippen LogP contribution in [-0.4, -0.2) is 39.8 Å². The molecule has 0 saturated carbocycles. The molecule has 5 rings (SSSR count). The number of rotatable bonds is 8. The lowest BCUT2D eigenvalue weighted by Crippen LogP contribution is -2.12. The first kappa shape index (κ1) is 24.8. The average molecular weight is 510 g/mol. The Bertz CT molecular complexity index is 1590.